The van der Waals surface area contributed by atoms with E-state index < -0.39 is 7.82 Å². The molecule has 7 heteroatoms. The van der Waals surface area contributed by atoms with Crippen LogP contribution >= 0.6 is 7.82 Å². The van der Waals surface area contributed by atoms with Gasteiger partial charge in [0.1, 0.15) is 0 Å². The van der Waals surface area contributed by atoms with Crippen molar-refractivity contribution in [3.05, 3.63) is 30.6 Å². The van der Waals surface area contributed by atoms with Gasteiger partial charge in [-0.3, -0.25) is 9.05 Å². The van der Waals surface area contributed by atoms with Crippen molar-refractivity contribution in [3.63, 3.8) is 0 Å². The number of phosphoric ester groups is 1. The molecule has 0 unspecified atom stereocenters. The van der Waals surface area contributed by atoms with E-state index >= 15 is 0 Å². The zero-order valence-electron chi connectivity index (χ0n) is 9.21. The van der Waals surface area contributed by atoms with Crippen molar-refractivity contribution in [1.82, 2.24) is 0 Å². The second-order valence-electron chi connectivity index (χ2n) is 2.60. The topological polar surface area (TPSA) is 48.6 Å². The lowest BCUT2D eigenvalue weighted by molar-refractivity contribution is -0.861. The molecule has 0 bridgehead atoms. The maximum Gasteiger partial charge on any atom is 0.586 e. The van der Waals surface area contributed by atoms with Gasteiger partial charge in [0.05, 0.1) is 13.2 Å². The summed E-state index contributed by atoms with van der Waals surface area (Å²) in [5.41, 5.74) is 0. The minimum Gasteiger partial charge on any atom is -1.00 e. The van der Waals surface area contributed by atoms with Crippen LogP contribution in [-0.2, 0) is 13.6 Å². The molecule has 5 nitrogen and oxygen atoms in total. The third-order valence-corrected chi connectivity index (χ3v) is 2.99. The molecule has 92 valence electrons. The number of aromatic nitrogens is 1. The average Bonchev–Trinajstić information content (AvgIpc) is 2.19. The number of nitrogens with zero attached hydrogens (tertiary/aromatic N) is 1. The minimum atomic E-state index is -3.48. The number of rotatable bonds is 6. The SMILES string of the molecule is CCOP(=O)(OCC)O[n+]1ccccc1.[Cl-]. The fourth-order valence-corrected chi connectivity index (χ4v) is 2.09. The Morgan fingerprint density at radius 1 is 1.06 bits per heavy atom. The fraction of sp³-hybridized carbons (Fsp3) is 0.444. The number of hydrogen-bond donors (Lipinski definition) is 0. The Morgan fingerprint density at radius 2 is 1.56 bits per heavy atom. The van der Waals surface area contributed by atoms with Gasteiger partial charge in [-0.2, -0.15) is 4.62 Å². The van der Waals surface area contributed by atoms with Crippen molar-refractivity contribution in [2.45, 2.75) is 13.8 Å². The lowest BCUT2D eigenvalue weighted by atomic mass is 10.5. The summed E-state index contributed by atoms with van der Waals surface area (Å²) >= 11 is 0. The summed E-state index contributed by atoms with van der Waals surface area (Å²) in [6.07, 6.45) is 3.23. The highest BCUT2D eigenvalue weighted by molar-refractivity contribution is 7.48. The number of phosphoric acid groups is 1. The van der Waals surface area contributed by atoms with Gasteiger partial charge in [0.25, 0.3) is 0 Å². The summed E-state index contributed by atoms with van der Waals surface area (Å²) in [7, 11) is -3.48. The van der Waals surface area contributed by atoms with E-state index in [2.05, 4.69) is 0 Å². The van der Waals surface area contributed by atoms with Crippen molar-refractivity contribution in [2.75, 3.05) is 13.2 Å². The molecule has 0 saturated heterocycles. The van der Waals surface area contributed by atoms with Crippen LogP contribution in [0.4, 0.5) is 0 Å². The van der Waals surface area contributed by atoms with Crippen LogP contribution in [0.15, 0.2) is 30.6 Å². The molecule has 0 N–H and O–H groups in total. The summed E-state index contributed by atoms with van der Waals surface area (Å²) in [6, 6.07) is 5.33. The molecule has 1 rings (SSSR count). The molecular formula is C9H15ClNO4P. The molecule has 1 aromatic rings. The van der Waals surface area contributed by atoms with Gasteiger partial charge in [-0.15, -0.1) is 0 Å². The number of halogens is 1. The first kappa shape index (κ1) is 15.4. The van der Waals surface area contributed by atoms with Gasteiger partial charge in [0.15, 0.2) is 0 Å². The Labute approximate surface area is 101 Å². The molecular weight excluding hydrogens is 253 g/mol. The fourth-order valence-electron chi connectivity index (χ4n) is 0.953. The highest BCUT2D eigenvalue weighted by Crippen LogP contribution is 2.44. The molecule has 0 saturated carbocycles. The molecule has 0 radical (unpaired) electrons. The molecule has 0 atom stereocenters. The van der Waals surface area contributed by atoms with Crippen molar-refractivity contribution in [3.8, 4) is 0 Å². The summed E-state index contributed by atoms with van der Waals surface area (Å²) < 4.78 is 28.2. The second kappa shape index (κ2) is 7.63. The molecule has 0 amide bonds. The highest BCUT2D eigenvalue weighted by Gasteiger charge is 2.32. The molecule has 1 heterocycles. The van der Waals surface area contributed by atoms with E-state index in [0.29, 0.717) is 0 Å². The Hall–Kier alpha value is -0.610. The van der Waals surface area contributed by atoms with Crippen LogP contribution in [0.2, 0.25) is 0 Å². The Morgan fingerprint density at radius 3 is 2.00 bits per heavy atom. The summed E-state index contributed by atoms with van der Waals surface area (Å²) in [5.74, 6) is 0. The van der Waals surface area contributed by atoms with Gasteiger partial charge >= 0.3 is 7.82 Å². The van der Waals surface area contributed by atoms with Gasteiger partial charge in [0.2, 0.25) is 12.4 Å². The molecule has 16 heavy (non-hydrogen) atoms. The third kappa shape index (κ3) is 4.94. The van der Waals surface area contributed by atoms with Crippen LogP contribution in [0.1, 0.15) is 13.8 Å². The molecule has 0 aliphatic rings. The van der Waals surface area contributed by atoms with Crippen molar-refractivity contribution >= 4 is 7.82 Å². The molecule has 0 aromatic carbocycles. The second-order valence-corrected chi connectivity index (χ2v) is 4.17. The van der Waals surface area contributed by atoms with Crippen LogP contribution in [0.25, 0.3) is 0 Å². The van der Waals surface area contributed by atoms with Crippen molar-refractivity contribution < 1.29 is 35.4 Å². The Kier molecular flexibility index (Phi) is 7.34. The normalized spacial score (nSPS) is 10.6. The maximum atomic E-state index is 11.9. The van der Waals surface area contributed by atoms with Crippen molar-refractivity contribution in [1.29, 1.82) is 0 Å². The largest absolute Gasteiger partial charge is 1.00 e. The van der Waals surface area contributed by atoms with Crippen LogP contribution in [0, 0.1) is 0 Å². The minimum absolute atomic E-state index is 0. The van der Waals surface area contributed by atoms with E-state index in [4.69, 9.17) is 13.7 Å². The zero-order valence-corrected chi connectivity index (χ0v) is 10.9. The van der Waals surface area contributed by atoms with Gasteiger partial charge in [0, 0.05) is 16.9 Å². The van der Waals surface area contributed by atoms with E-state index in [1.807, 2.05) is 6.07 Å². The van der Waals surface area contributed by atoms with E-state index in [1.165, 1.54) is 4.73 Å². The average molecular weight is 268 g/mol. The lowest BCUT2D eigenvalue weighted by Gasteiger charge is -2.10. The summed E-state index contributed by atoms with van der Waals surface area (Å²) in [6.45, 7) is 3.99. The molecule has 0 spiro atoms. The lowest BCUT2D eigenvalue weighted by Crippen LogP contribution is -3.00. The van der Waals surface area contributed by atoms with Gasteiger partial charge in [-0.05, 0) is 13.8 Å². The van der Waals surface area contributed by atoms with E-state index in [9.17, 15) is 4.57 Å². The Bertz CT molecular complexity index is 326. The van der Waals surface area contributed by atoms with Crippen LogP contribution < -0.4 is 21.8 Å². The summed E-state index contributed by atoms with van der Waals surface area (Å²) in [4.78, 5) is 0. The van der Waals surface area contributed by atoms with Gasteiger partial charge in [-0.25, -0.2) is 4.57 Å². The van der Waals surface area contributed by atoms with Crippen LogP contribution in [0.3, 0.4) is 0 Å². The quantitative estimate of drug-likeness (QED) is 0.469. The van der Waals surface area contributed by atoms with E-state index in [1.54, 1.807) is 38.4 Å². The smallest absolute Gasteiger partial charge is 0.586 e. The molecule has 0 aliphatic carbocycles. The first-order chi connectivity index (χ1) is 7.20. The molecule has 0 fully saturated rings. The molecule has 1 aromatic heterocycles. The Balaban J connectivity index is 0.00000225. The zero-order chi connectivity index (χ0) is 11.1. The number of pyridine rings is 1. The monoisotopic (exact) mass is 267 g/mol. The van der Waals surface area contributed by atoms with Crippen LogP contribution in [0.5, 0.6) is 0 Å². The van der Waals surface area contributed by atoms with Gasteiger partial charge in [-0.1, -0.05) is 6.07 Å². The molecule has 0 aliphatic heterocycles. The summed E-state index contributed by atoms with van der Waals surface area (Å²) in [5, 5.41) is 0. The maximum absolute atomic E-state index is 11.9. The van der Waals surface area contributed by atoms with Gasteiger partial charge < -0.3 is 12.4 Å². The predicted molar refractivity (Wildman–Crippen MR) is 54.1 cm³/mol. The third-order valence-electron chi connectivity index (χ3n) is 1.46. The first-order valence-electron chi connectivity index (χ1n) is 4.75. The number of hydrogen-bond acceptors (Lipinski definition) is 4. The van der Waals surface area contributed by atoms with E-state index in [-0.39, 0.29) is 25.6 Å². The standard InChI is InChI=1S/C9H15NO4P.ClH/c1-3-12-15(11,13-4-2)14-10-8-6-5-7-9-10;/h5-9H,3-4H2,1-2H3;1H/q+1;/p-1. The highest BCUT2D eigenvalue weighted by atomic mass is 35.5. The van der Waals surface area contributed by atoms with Crippen LogP contribution in [-0.4, -0.2) is 13.2 Å². The predicted octanol–water partition coefficient (Wildman–Crippen LogP) is -1.41. The van der Waals surface area contributed by atoms with E-state index in [0.717, 1.165) is 0 Å². The van der Waals surface area contributed by atoms with Crippen molar-refractivity contribution in [2.24, 2.45) is 0 Å². The first-order valence-corrected chi connectivity index (χ1v) is 6.21.